The van der Waals surface area contributed by atoms with Gasteiger partial charge in [-0.05, 0) is 128 Å². The summed E-state index contributed by atoms with van der Waals surface area (Å²) < 4.78 is 16.8. The standard InChI is InChI=1S/C69H112O6/c1-4-7-10-13-16-19-22-25-27-29-31-33-34-36-37-39-41-44-47-50-53-56-59-62-68(71)74-65-66(64-73-67(70)61-58-55-52-49-46-43-24-21-18-15-12-9-6-3)75-69(72)63-60-57-54-51-48-45-42-40-38-35-32-30-28-26-23-20-17-14-11-8-5-2/h7,9-10,12,16,18-19,21,25,27,30-33,36-37,41,43-44,46,50,53,66H,4-6,8,11,13-15,17,20,22-24,26,28-29,34-35,38-40,42,45,47-49,51-52,54-65H2,1-3H3/b10-7-,12-9-,19-16-,21-18-,27-25-,32-30-,33-31-,37-36-,44-41-,46-43-,53-50-. The fourth-order valence-electron chi connectivity index (χ4n) is 8.09. The molecule has 424 valence electrons. The highest BCUT2D eigenvalue weighted by Crippen LogP contribution is 2.15. The second-order valence-electron chi connectivity index (χ2n) is 19.8. The number of carbonyl (C=O) groups excluding carboxylic acids is 3. The molecule has 6 nitrogen and oxygen atoms in total. The van der Waals surface area contributed by atoms with Crippen molar-refractivity contribution in [2.24, 2.45) is 0 Å². The van der Waals surface area contributed by atoms with E-state index in [2.05, 4.69) is 154 Å². The summed E-state index contributed by atoms with van der Waals surface area (Å²) in [5.41, 5.74) is 0. The molecule has 0 fully saturated rings. The summed E-state index contributed by atoms with van der Waals surface area (Å²) >= 11 is 0. The van der Waals surface area contributed by atoms with Gasteiger partial charge in [-0.15, -0.1) is 0 Å². The average molecular weight is 1040 g/mol. The predicted molar refractivity (Wildman–Crippen MR) is 325 cm³/mol. The molecule has 0 aliphatic heterocycles. The topological polar surface area (TPSA) is 78.9 Å². The summed E-state index contributed by atoms with van der Waals surface area (Å²) in [5, 5.41) is 0. The fourth-order valence-corrected chi connectivity index (χ4v) is 8.09. The lowest BCUT2D eigenvalue weighted by Gasteiger charge is -2.18. The van der Waals surface area contributed by atoms with E-state index in [-0.39, 0.29) is 37.5 Å². The van der Waals surface area contributed by atoms with E-state index in [1.807, 2.05) is 0 Å². The maximum absolute atomic E-state index is 12.9. The number of hydrogen-bond donors (Lipinski definition) is 0. The van der Waals surface area contributed by atoms with Crippen molar-refractivity contribution in [3.05, 3.63) is 134 Å². The molecule has 0 saturated carbocycles. The van der Waals surface area contributed by atoms with Gasteiger partial charge in [0, 0.05) is 19.3 Å². The van der Waals surface area contributed by atoms with Crippen LogP contribution < -0.4 is 0 Å². The van der Waals surface area contributed by atoms with E-state index in [1.54, 1.807) is 0 Å². The molecule has 0 heterocycles. The maximum atomic E-state index is 12.9. The number of allylic oxidation sites excluding steroid dienone is 22. The first-order valence-corrected chi connectivity index (χ1v) is 30.7. The highest BCUT2D eigenvalue weighted by atomic mass is 16.6. The van der Waals surface area contributed by atoms with Gasteiger partial charge in [-0.2, -0.15) is 0 Å². The van der Waals surface area contributed by atoms with Gasteiger partial charge >= 0.3 is 17.9 Å². The van der Waals surface area contributed by atoms with Crippen molar-refractivity contribution in [1.29, 1.82) is 0 Å². The average Bonchev–Trinajstić information content (AvgIpc) is 3.41. The zero-order valence-electron chi connectivity index (χ0n) is 48.5. The minimum atomic E-state index is -0.820. The second-order valence-corrected chi connectivity index (χ2v) is 19.8. The Morgan fingerprint density at radius 2 is 0.533 bits per heavy atom. The first-order chi connectivity index (χ1) is 37.0. The molecule has 0 spiro atoms. The summed E-state index contributed by atoms with van der Waals surface area (Å²) in [6.45, 7) is 6.34. The van der Waals surface area contributed by atoms with Gasteiger partial charge in [-0.25, -0.2) is 0 Å². The highest BCUT2D eigenvalue weighted by Gasteiger charge is 2.19. The van der Waals surface area contributed by atoms with E-state index >= 15 is 0 Å². The molecule has 0 saturated heterocycles. The number of esters is 3. The Morgan fingerprint density at radius 3 is 0.893 bits per heavy atom. The number of unbranched alkanes of at least 4 members (excludes halogenated alkanes) is 21. The van der Waals surface area contributed by atoms with Crippen LogP contribution in [0.1, 0.15) is 265 Å². The van der Waals surface area contributed by atoms with Crippen molar-refractivity contribution in [3.8, 4) is 0 Å². The van der Waals surface area contributed by atoms with E-state index < -0.39 is 6.10 Å². The summed E-state index contributed by atoms with van der Waals surface area (Å²) in [5.74, 6) is -1.01. The van der Waals surface area contributed by atoms with Gasteiger partial charge in [0.2, 0.25) is 0 Å². The van der Waals surface area contributed by atoms with Gasteiger partial charge in [-0.1, -0.05) is 251 Å². The van der Waals surface area contributed by atoms with Crippen molar-refractivity contribution in [2.75, 3.05) is 13.2 Å². The predicted octanol–water partition coefficient (Wildman–Crippen LogP) is 21.0. The minimum absolute atomic E-state index is 0.116. The van der Waals surface area contributed by atoms with Crippen LogP contribution in [0.25, 0.3) is 0 Å². The van der Waals surface area contributed by atoms with Gasteiger partial charge in [0.1, 0.15) is 13.2 Å². The lowest BCUT2D eigenvalue weighted by Crippen LogP contribution is -2.30. The molecule has 0 aromatic rings. The van der Waals surface area contributed by atoms with Gasteiger partial charge in [-0.3, -0.25) is 14.4 Å². The van der Waals surface area contributed by atoms with Crippen molar-refractivity contribution in [2.45, 2.75) is 271 Å². The molecule has 0 aromatic heterocycles. The zero-order valence-corrected chi connectivity index (χ0v) is 48.5. The van der Waals surface area contributed by atoms with E-state index in [4.69, 9.17) is 14.2 Å². The lowest BCUT2D eigenvalue weighted by molar-refractivity contribution is -0.167. The molecular formula is C69H112O6. The summed E-state index contributed by atoms with van der Waals surface area (Å²) in [6, 6.07) is 0. The Morgan fingerprint density at radius 1 is 0.280 bits per heavy atom. The Balaban J connectivity index is 4.48. The summed E-state index contributed by atoms with van der Waals surface area (Å²) in [4.78, 5) is 38.2. The number of hydrogen-bond acceptors (Lipinski definition) is 6. The molecular weight excluding hydrogens is 925 g/mol. The van der Waals surface area contributed by atoms with Gasteiger partial charge in [0.05, 0.1) is 0 Å². The third kappa shape index (κ3) is 60.3. The smallest absolute Gasteiger partial charge is 0.306 e. The van der Waals surface area contributed by atoms with E-state index in [0.717, 1.165) is 116 Å². The molecule has 75 heavy (non-hydrogen) atoms. The quantitative estimate of drug-likeness (QED) is 0.0261. The first-order valence-electron chi connectivity index (χ1n) is 30.7. The van der Waals surface area contributed by atoms with Crippen LogP contribution in [-0.4, -0.2) is 37.2 Å². The van der Waals surface area contributed by atoms with E-state index in [1.165, 1.54) is 103 Å². The molecule has 6 heteroatoms. The normalized spacial score (nSPS) is 13.1. The van der Waals surface area contributed by atoms with Crippen LogP contribution in [0, 0.1) is 0 Å². The molecule has 0 N–H and O–H groups in total. The monoisotopic (exact) mass is 1040 g/mol. The van der Waals surface area contributed by atoms with Crippen LogP contribution in [0.2, 0.25) is 0 Å². The van der Waals surface area contributed by atoms with Crippen LogP contribution in [0.5, 0.6) is 0 Å². The summed E-state index contributed by atoms with van der Waals surface area (Å²) in [6.07, 6.45) is 87.5. The van der Waals surface area contributed by atoms with Crippen molar-refractivity contribution in [1.82, 2.24) is 0 Å². The van der Waals surface area contributed by atoms with Crippen molar-refractivity contribution in [3.63, 3.8) is 0 Å². The van der Waals surface area contributed by atoms with Crippen LogP contribution in [0.4, 0.5) is 0 Å². The molecule has 0 amide bonds. The van der Waals surface area contributed by atoms with Gasteiger partial charge in [0.15, 0.2) is 6.10 Å². The van der Waals surface area contributed by atoms with Crippen LogP contribution in [-0.2, 0) is 28.6 Å². The number of carbonyl (C=O) groups is 3. The molecule has 0 bridgehead atoms. The largest absolute Gasteiger partial charge is 0.462 e. The second kappa shape index (κ2) is 62.1. The van der Waals surface area contributed by atoms with Crippen LogP contribution >= 0.6 is 0 Å². The molecule has 0 radical (unpaired) electrons. The Kier molecular flexibility index (Phi) is 58.4. The Bertz CT molecular complexity index is 1620. The highest BCUT2D eigenvalue weighted by molar-refractivity contribution is 5.71. The lowest BCUT2D eigenvalue weighted by atomic mass is 10.1. The molecule has 0 aromatic carbocycles. The molecule has 1 atom stereocenters. The maximum Gasteiger partial charge on any atom is 0.306 e. The summed E-state index contributed by atoms with van der Waals surface area (Å²) in [7, 11) is 0. The van der Waals surface area contributed by atoms with Gasteiger partial charge < -0.3 is 14.2 Å². The molecule has 0 rings (SSSR count). The van der Waals surface area contributed by atoms with Gasteiger partial charge in [0.25, 0.3) is 0 Å². The van der Waals surface area contributed by atoms with E-state index in [0.29, 0.717) is 19.3 Å². The van der Waals surface area contributed by atoms with Crippen molar-refractivity contribution >= 4 is 17.9 Å². The Labute approximate surface area is 462 Å². The molecule has 0 aliphatic carbocycles. The van der Waals surface area contributed by atoms with Crippen LogP contribution in [0.3, 0.4) is 0 Å². The third-order valence-corrected chi connectivity index (χ3v) is 12.6. The molecule has 1 unspecified atom stereocenters. The van der Waals surface area contributed by atoms with E-state index in [9.17, 15) is 14.4 Å². The first kappa shape index (κ1) is 70.5. The minimum Gasteiger partial charge on any atom is -0.462 e. The SMILES string of the molecule is CC/C=C\C/C=C\C/C=C\C/C=C\C/C=C\C/C=C\C/C=C\CCCC(=O)OCC(COC(=O)CCCCC/C=C\C/C=C\C/C=C\CC)OC(=O)CCCCCCCCCCC/C=C\CCCCCCCCCC. The third-order valence-electron chi connectivity index (χ3n) is 12.6. The fraction of sp³-hybridized carbons (Fsp3) is 0.638. The Hall–Kier alpha value is -4.45. The van der Waals surface area contributed by atoms with Crippen LogP contribution in [0.15, 0.2) is 134 Å². The zero-order chi connectivity index (χ0) is 54.3. The molecule has 0 aliphatic rings. The number of ether oxygens (including phenoxy) is 3. The van der Waals surface area contributed by atoms with Crippen molar-refractivity contribution < 1.29 is 28.6 Å². The number of rotatable bonds is 54.